The summed E-state index contributed by atoms with van der Waals surface area (Å²) in [6, 6.07) is 13.2. The molecule has 1 N–H and O–H groups in total. The quantitative estimate of drug-likeness (QED) is 0.524. The van der Waals surface area contributed by atoms with Gasteiger partial charge in [-0.2, -0.15) is 0 Å². The number of carbonyl (C=O) groups excluding carboxylic acids is 1. The van der Waals surface area contributed by atoms with Crippen molar-refractivity contribution in [2.24, 2.45) is 0 Å². The van der Waals surface area contributed by atoms with Gasteiger partial charge in [-0.3, -0.25) is 4.79 Å². The van der Waals surface area contributed by atoms with E-state index in [1.807, 2.05) is 84.0 Å². The Morgan fingerprint density at radius 2 is 1.80 bits per heavy atom. The molecule has 0 spiro atoms. The number of ether oxygens (including phenoxy) is 2. The summed E-state index contributed by atoms with van der Waals surface area (Å²) in [6.45, 7) is 11.7. The van der Waals surface area contributed by atoms with Crippen LogP contribution in [0.3, 0.4) is 0 Å². The zero-order valence-electron chi connectivity index (χ0n) is 18.7. The van der Waals surface area contributed by atoms with E-state index in [1.165, 1.54) is 0 Å². The molecule has 1 heterocycles. The molecule has 5 nitrogen and oxygen atoms in total. The molecule has 2 aromatic carbocycles. The van der Waals surface area contributed by atoms with E-state index in [0.717, 1.165) is 27.7 Å². The van der Waals surface area contributed by atoms with Crippen LogP contribution in [0.2, 0.25) is 0 Å². The number of hydrogen-bond donors (Lipinski definition) is 1. The van der Waals surface area contributed by atoms with Crippen molar-refractivity contribution in [3.63, 3.8) is 0 Å². The molecule has 3 rings (SSSR count). The molecule has 0 fully saturated rings. The molecule has 0 saturated carbocycles. The first-order valence-electron chi connectivity index (χ1n) is 10.3. The van der Waals surface area contributed by atoms with Gasteiger partial charge in [-0.25, -0.2) is 0 Å². The van der Waals surface area contributed by atoms with Crippen LogP contribution in [-0.2, 0) is 29.2 Å². The Hall–Kier alpha value is -2.79. The molecular weight excluding hydrogens is 380 g/mol. The van der Waals surface area contributed by atoms with Crippen LogP contribution in [0.4, 0.5) is 0 Å². The topological polar surface area (TPSA) is 68.9 Å². The Balaban J connectivity index is 0.00000155. The largest absolute Gasteiger partial charge is 0.485 e. The van der Waals surface area contributed by atoms with Crippen LogP contribution < -0.4 is 4.74 Å². The van der Waals surface area contributed by atoms with Gasteiger partial charge in [-0.1, -0.05) is 38.1 Å². The maximum absolute atomic E-state index is 12.2. The van der Waals surface area contributed by atoms with Gasteiger partial charge in [0.05, 0.1) is 13.0 Å². The number of aliphatic hydroxyl groups excluding tert-OH is 1. The third-order valence-electron chi connectivity index (χ3n) is 4.19. The summed E-state index contributed by atoms with van der Waals surface area (Å²) < 4.78 is 17.2. The molecule has 3 aromatic rings. The summed E-state index contributed by atoms with van der Waals surface area (Å²) in [4.78, 5) is 12.2. The van der Waals surface area contributed by atoms with Crippen molar-refractivity contribution in [3.8, 4) is 5.75 Å². The highest BCUT2D eigenvalue weighted by Gasteiger charge is 2.18. The van der Waals surface area contributed by atoms with Crippen LogP contribution in [0.5, 0.6) is 5.75 Å². The lowest BCUT2D eigenvalue weighted by Crippen LogP contribution is -2.25. The molecule has 0 atom stereocenters. The third-order valence-corrected chi connectivity index (χ3v) is 4.19. The van der Waals surface area contributed by atoms with E-state index in [0.29, 0.717) is 11.5 Å². The predicted octanol–water partition coefficient (Wildman–Crippen LogP) is 5.72. The van der Waals surface area contributed by atoms with E-state index in [4.69, 9.17) is 13.9 Å². The maximum Gasteiger partial charge on any atom is 0.310 e. The lowest BCUT2D eigenvalue weighted by molar-refractivity contribution is -0.153. The fourth-order valence-electron chi connectivity index (χ4n) is 3.09. The van der Waals surface area contributed by atoms with Gasteiger partial charge in [-0.05, 0) is 57.0 Å². The van der Waals surface area contributed by atoms with Gasteiger partial charge in [0, 0.05) is 10.9 Å². The van der Waals surface area contributed by atoms with Crippen LogP contribution in [0, 0.1) is 6.92 Å². The minimum atomic E-state index is -0.521. The first-order chi connectivity index (χ1) is 14.2. The van der Waals surface area contributed by atoms with Crippen LogP contribution in [-0.4, -0.2) is 16.7 Å². The van der Waals surface area contributed by atoms with Gasteiger partial charge < -0.3 is 19.0 Å². The molecule has 30 heavy (non-hydrogen) atoms. The van der Waals surface area contributed by atoms with Crippen LogP contribution in [0.25, 0.3) is 11.0 Å². The van der Waals surface area contributed by atoms with Crippen LogP contribution in [0.15, 0.2) is 46.9 Å². The second-order valence-electron chi connectivity index (χ2n) is 7.86. The first kappa shape index (κ1) is 23.5. The van der Waals surface area contributed by atoms with Gasteiger partial charge >= 0.3 is 5.97 Å². The number of esters is 1. The number of hydrogen-bond acceptors (Lipinski definition) is 5. The average molecular weight is 413 g/mol. The van der Waals surface area contributed by atoms with E-state index in [1.54, 1.807) is 0 Å². The number of rotatable bonds is 6. The molecule has 0 aliphatic carbocycles. The Morgan fingerprint density at radius 1 is 1.10 bits per heavy atom. The standard InChI is InChI=1S/C23H26O5.C2H6/c1-15-9-16(13-24)10-18-11-19(27-22(15)18)14-26-20-8-6-5-7-17(20)12-21(25)28-23(2,3)4;1-2/h5-11,24H,12-14H2,1-4H3;1-2H3. The Kier molecular flexibility index (Phi) is 8.07. The van der Waals surface area contributed by atoms with Crippen LogP contribution in [0.1, 0.15) is 57.1 Å². The van der Waals surface area contributed by atoms with Gasteiger partial charge in [0.15, 0.2) is 0 Å². The summed E-state index contributed by atoms with van der Waals surface area (Å²) in [5.74, 6) is 1.02. The van der Waals surface area contributed by atoms with Crippen molar-refractivity contribution < 1.29 is 23.8 Å². The smallest absolute Gasteiger partial charge is 0.310 e. The lowest BCUT2D eigenvalue weighted by Gasteiger charge is -2.20. The molecular formula is C25H32O5. The highest BCUT2D eigenvalue weighted by Crippen LogP contribution is 2.27. The molecule has 0 aliphatic heterocycles. The molecule has 0 aliphatic rings. The molecule has 0 radical (unpaired) electrons. The highest BCUT2D eigenvalue weighted by atomic mass is 16.6. The molecule has 0 amide bonds. The van der Waals surface area contributed by atoms with Crippen LogP contribution >= 0.6 is 0 Å². The van der Waals surface area contributed by atoms with Crippen molar-refractivity contribution in [1.29, 1.82) is 0 Å². The highest BCUT2D eigenvalue weighted by molar-refractivity contribution is 5.81. The zero-order valence-corrected chi connectivity index (χ0v) is 18.7. The Bertz CT molecular complexity index is 979. The van der Waals surface area contributed by atoms with E-state index < -0.39 is 5.60 Å². The lowest BCUT2D eigenvalue weighted by atomic mass is 10.1. The monoisotopic (exact) mass is 412 g/mol. The summed E-state index contributed by atoms with van der Waals surface area (Å²) in [6.07, 6.45) is 0.145. The van der Waals surface area contributed by atoms with Crippen molar-refractivity contribution in [2.45, 2.75) is 66.8 Å². The van der Waals surface area contributed by atoms with Gasteiger partial charge in [0.25, 0.3) is 0 Å². The number of benzene rings is 2. The summed E-state index contributed by atoms with van der Waals surface area (Å²) >= 11 is 0. The van der Waals surface area contributed by atoms with Crippen molar-refractivity contribution >= 4 is 16.9 Å². The van der Waals surface area contributed by atoms with E-state index in [-0.39, 0.29) is 25.6 Å². The van der Waals surface area contributed by atoms with E-state index in [9.17, 15) is 9.90 Å². The molecule has 162 valence electrons. The molecule has 0 bridgehead atoms. The molecule has 5 heteroatoms. The second kappa shape index (κ2) is 10.3. The average Bonchev–Trinajstić information content (AvgIpc) is 3.11. The van der Waals surface area contributed by atoms with Crippen molar-refractivity contribution in [3.05, 3.63) is 64.9 Å². The van der Waals surface area contributed by atoms with Gasteiger partial charge in [-0.15, -0.1) is 0 Å². The van der Waals surface area contributed by atoms with Gasteiger partial charge in [0.1, 0.15) is 29.3 Å². The summed E-state index contributed by atoms with van der Waals surface area (Å²) in [5, 5.41) is 10.3. The first-order valence-corrected chi connectivity index (χ1v) is 10.3. The maximum atomic E-state index is 12.2. The minimum Gasteiger partial charge on any atom is -0.485 e. The number of carbonyl (C=O) groups is 1. The number of aryl methyl sites for hydroxylation is 1. The Labute approximate surface area is 178 Å². The molecule has 1 aromatic heterocycles. The van der Waals surface area contributed by atoms with E-state index in [2.05, 4.69) is 0 Å². The van der Waals surface area contributed by atoms with Crippen molar-refractivity contribution in [2.75, 3.05) is 0 Å². The SMILES string of the molecule is CC.Cc1cc(CO)cc2cc(COc3ccccc3CC(=O)OC(C)(C)C)oc12. The number of fused-ring (bicyclic) bond motifs is 1. The summed E-state index contributed by atoms with van der Waals surface area (Å²) in [7, 11) is 0. The van der Waals surface area contributed by atoms with Crippen molar-refractivity contribution in [1.82, 2.24) is 0 Å². The number of aliphatic hydroxyl groups is 1. The summed E-state index contributed by atoms with van der Waals surface area (Å²) in [5.41, 5.74) is 2.86. The van der Waals surface area contributed by atoms with E-state index >= 15 is 0 Å². The molecule has 0 unspecified atom stereocenters. The van der Waals surface area contributed by atoms with Gasteiger partial charge in [0.2, 0.25) is 0 Å². The Morgan fingerprint density at radius 3 is 2.47 bits per heavy atom. The fourth-order valence-corrected chi connectivity index (χ4v) is 3.09. The number of para-hydroxylation sites is 1. The fraction of sp³-hybridized carbons (Fsp3) is 0.400. The third kappa shape index (κ3) is 6.36. The normalized spacial score (nSPS) is 11.0. The zero-order chi connectivity index (χ0) is 22.3. The predicted molar refractivity (Wildman–Crippen MR) is 119 cm³/mol. The minimum absolute atomic E-state index is 0.00810. The number of furan rings is 1. The molecule has 0 saturated heterocycles. The second-order valence-corrected chi connectivity index (χ2v) is 7.86.